The molecule has 0 unspecified atom stereocenters. The van der Waals surface area contributed by atoms with Gasteiger partial charge in [-0.05, 0) is 53.7 Å². The van der Waals surface area contributed by atoms with Crippen molar-refractivity contribution < 1.29 is 14.3 Å². The summed E-state index contributed by atoms with van der Waals surface area (Å²) in [6.07, 6.45) is 0. The molecule has 28 heavy (non-hydrogen) atoms. The molecule has 1 aromatic carbocycles. The SMILES string of the molecule is CC(C)(C)NCCOc1cc(OCCNC(C)(C)C)cc(C(=O)C(C)(C)C)c1. The summed E-state index contributed by atoms with van der Waals surface area (Å²) in [5.41, 5.74) is 0.244. The minimum absolute atomic E-state index is 0.0434. The number of ketones is 1. The quantitative estimate of drug-likeness (QED) is 0.480. The molecule has 5 heteroatoms. The number of carbonyl (C=O) groups is 1. The van der Waals surface area contributed by atoms with Crippen molar-refractivity contribution in [2.24, 2.45) is 5.41 Å². The third-order valence-electron chi connectivity index (χ3n) is 3.88. The standard InChI is InChI=1S/C23H40N2O3/c1-21(2,3)20(26)17-14-18(27-12-10-24-22(4,5)6)16-19(15-17)28-13-11-25-23(7,8)9/h14-16,24-25H,10-13H2,1-9H3. The van der Waals surface area contributed by atoms with Crippen LogP contribution in [0.4, 0.5) is 0 Å². The fourth-order valence-corrected chi connectivity index (χ4v) is 2.49. The van der Waals surface area contributed by atoms with Gasteiger partial charge in [-0.15, -0.1) is 0 Å². The molecular formula is C23H40N2O3. The van der Waals surface area contributed by atoms with Gasteiger partial charge in [0.25, 0.3) is 0 Å². The van der Waals surface area contributed by atoms with E-state index in [1.165, 1.54) is 0 Å². The first-order valence-corrected chi connectivity index (χ1v) is 10.1. The fraction of sp³-hybridized carbons (Fsp3) is 0.696. The van der Waals surface area contributed by atoms with Crippen LogP contribution in [-0.4, -0.2) is 43.2 Å². The largest absolute Gasteiger partial charge is 0.492 e. The number of benzene rings is 1. The summed E-state index contributed by atoms with van der Waals surface area (Å²) in [7, 11) is 0. The third kappa shape index (κ3) is 10.1. The summed E-state index contributed by atoms with van der Waals surface area (Å²) in [6.45, 7) is 21.0. The van der Waals surface area contributed by atoms with E-state index >= 15 is 0 Å². The second kappa shape index (κ2) is 9.75. The lowest BCUT2D eigenvalue weighted by Gasteiger charge is -2.22. The number of ether oxygens (including phenoxy) is 2. The van der Waals surface area contributed by atoms with Crippen LogP contribution in [0.2, 0.25) is 0 Å². The normalized spacial score (nSPS) is 12.8. The van der Waals surface area contributed by atoms with Gasteiger partial charge in [0, 0.05) is 41.2 Å². The Kier molecular flexibility index (Phi) is 8.51. The van der Waals surface area contributed by atoms with Crippen molar-refractivity contribution in [1.82, 2.24) is 10.6 Å². The van der Waals surface area contributed by atoms with Crippen molar-refractivity contribution in [1.29, 1.82) is 0 Å². The van der Waals surface area contributed by atoms with Crippen molar-refractivity contribution >= 4 is 5.78 Å². The molecule has 1 rings (SSSR count). The lowest BCUT2D eigenvalue weighted by atomic mass is 9.86. The van der Waals surface area contributed by atoms with E-state index in [0.29, 0.717) is 30.3 Å². The average molecular weight is 393 g/mol. The Morgan fingerprint density at radius 3 is 1.46 bits per heavy atom. The minimum atomic E-state index is -0.461. The first kappa shape index (κ1) is 24.4. The molecule has 2 N–H and O–H groups in total. The zero-order chi connectivity index (χ0) is 21.6. The maximum Gasteiger partial charge on any atom is 0.168 e. The first-order valence-electron chi connectivity index (χ1n) is 10.1. The summed E-state index contributed by atoms with van der Waals surface area (Å²) in [6, 6.07) is 5.48. The van der Waals surface area contributed by atoms with E-state index in [4.69, 9.17) is 9.47 Å². The van der Waals surface area contributed by atoms with Crippen LogP contribution in [0, 0.1) is 5.41 Å². The van der Waals surface area contributed by atoms with E-state index in [0.717, 1.165) is 13.1 Å². The number of carbonyl (C=O) groups excluding carboxylic acids is 1. The second-order valence-corrected chi connectivity index (χ2v) is 10.3. The predicted molar refractivity (Wildman–Crippen MR) is 117 cm³/mol. The van der Waals surface area contributed by atoms with E-state index in [9.17, 15) is 4.79 Å². The molecule has 0 amide bonds. The van der Waals surface area contributed by atoms with Gasteiger partial charge in [-0.1, -0.05) is 20.8 Å². The van der Waals surface area contributed by atoms with Crippen LogP contribution in [0.3, 0.4) is 0 Å². The number of hydrogen-bond donors (Lipinski definition) is 2. The first-order chi connectivity index (χ1) is 12.7. The highest BCUT2D eigenvalue weighted by Crippen LogP contribution is 2.28. The van der Waals surface area contributed by atoms with Gasteiger partial charge >= 0.3 is 0 Å². The molecule has 0 heterocycles. The minimum Gasteiger partial charge on any atom is -0.492 e. The van der Waals surface area contributed by atoms with Gasteiger partial charge in [0.2, 0.25) is 0 Å². The van der Waals surface area contributed by atoms with Gasteiger partial charge in [-0.3, -0.25) is 4.79 Å². The predicted octanol–water partition coefficient (Wildman–Crippen LogP) is 4.45. The van der Waals surface area contributed by atoms with E-state index in [2.05, 4.69) is 52.2 Å². The summed E-state index contributed by atoms with van der Waals surface area (Å²) in [5, 5.41) is 6.79. The molecule has 0 spiro atoms. The Bertz CT molecular complexity index is 594. The highest BCUT2D eigenvalue weighted by molar-refractivity contribution is 6.00. The lowest BCUT2D eigenvalue weighted by Crippen LogP contribution is -2.38. The van der Waals surface area contributed by atoms with Crippen LogP contribution in [0.15, 0.2) is 18.2 Å². The Morgan fingerprint density at radius 2 is 1.14 bits per heavy atom. The van der Waals surface area contributed by atoms with Crippen molar-refractivity contribution in [2.75, 3.05) is 26.3 Å². The molecule has 0 atom stereocenters. The van der Waals surface area contributed by atoms with Gasteiger partial charge in [-0.25, -0.2) is 0 Å². The monoisotopic (exact) mass is 392 g/mol. The Balaban J connectivity index is 2.84. The van der Waals surface area contributed by atoms with Crippen molar-refractivity contribution in [3.63, 3.8) is 0 Å². The van der Waals surface area contributed by atoms with Gasteiger partial charge < -0.3 is 20.1 Å². The van der Waals surface area contributed by atoms with Crippen LogP contribution >= 0.6 is 0 Å². The molecule has 0 radical (unpaired) electrons. The molecular weight excluding hydrogens is 352 g/mol. The molecule has 0 aromatic heterocycles. The number of nitrogens with one attached hydrogen (secondary N) is 2. The molecule has 0 aliphatic rings. The van der Waals surface area contributed by atoms with Gasteiger partial charge in [0.1, 0.15) is 24.7 Å². The summed E-state index contributed by atoms with van der Waals surface area (Å²) in [5.74, 6) is 1.39. The maximum absolute atomic E-state index is 12.8. The molecule has 1 aromatic rings. The Labute approximate surface area is 171 Å². The molecule has 5 nitrogen and oxygen atoms in total. The van der Waals surface area contributed by atoms with Gasteiger partial charge in [0.15, 0.2) is 5.78 Å². The topological polar surface area (TPSA) is 59.6 Å². The van der Waals surface area contributed by atoms with Crippen LogP contribution in [0.25, 0.3) is 0 Å². The lowest BCUT2D eigenvalue weighted by molar-refractivity contribution is 0.0857. The Morgan fingerprint density at radius 1 is 0.750 bits per heavy atom. The molecule has 0 saturated carbocycles. The number of Topliss-reactive ketones (excluding diaryl/α,β-unsaturated/α-hetero) is 1. The Hall–Kier alpha value is -1.59. The molecule has 0 saturated heterocycles. The summed E-state index contributed by atoms with van der Waals surface area (Å²) >= 11 is 0. The van der Waals surface area contributed by atoms with Crippen LogP contribution in [0.1, 0.15) is 72.7 Å². The fourth-order valence-electron chi connectivity index (χ4n) is 2.49. The van der Waals surface area contributed by atoms with Crippen molar-refractivity contribution in [3.8, 4) is 11.5 Å². The number of rotatable bonds is 9. The third-order valence-corrected chi connectivity index (χ3v) is 3.88. The van der Waals surface area contributed by atoms with Crippen LogP contribution in [0.5, 0.6) is 11.5 Å². The zero-order valence-electron chi connectivity index (χ0n) is 19.3. The maximum atomic E-state index is 12.8. The smallest absolute Gasteiger partial charge is 0.168 e. The molecule has 160 valence electrons. The van der Waals surface area contributed by atoms with Crippen LogP contribution in [-0.2, 0) is 0 Å². The highest BCUT2D eigenvalue weighted by Gasteiger charge is 2.24. The zero-order valence-corrected chi connectivity index (χ0v) is 19.3. The van der Waals surface area contributed by atoms with E-state index < -0.39 is 5.41 Å². The summed E-state index contributed by atoms with van der Waals surface area (Å²) in [4.78, 5) is 12.8. The molecule has 0 bridgehead atoms. The summed E-state index contributed by atoms with van der Waals surface area (Å²) < 4.78 is 11.8. The molecule has 0 aliphatic heterocycles. The molecule has 0 aliphatic carbocycles. The van der Waals surface area contributed by atoms with Crippen molar-refractivity contribution in [3.05, 3.63) is 23.8 Å². The van der Waals surface area contributed by atoms with Crippen molar-refractivity contribution in [2.45, 2.75) is 73.4 Å². The van der Waals surface area contributed by atoms with E-state index in [1.807, 2.05) is 39.0 Å². The molecule has 0 fully saturated rings. The average Bonchev–Trinajstić information content (AvgIpc) is 2.52. The van der Waals surface area contributed by atoms with Gasteiger partial charge in [-0.2, -0.15) is 0 Å². The highest BCUT2D eigenvalue weighted by atomic mass is 16.5. The van der Waals surface area contributed by atoms with Gasteiger partial charge in [0.05, 0.1) is 0 Å². The second-order valence-electron chi connectivity index (χ2n) is 10.3. The van der Waals surface area contributed by atoms with E-state index in [-0.39, 0.29) is 16.9 Å². The number of hydrogen-bond acceptors (Lipinski definition) is 5. The van der Waals surface area contributed by atoms with E-state index in [1.54, 1.807) is 0 Å². The van der Waals surface area contributed by atoms with Crippen LogP contribution < -0.4 is 20.1 Å².